The fourth-order valence-corrected chi connectivity index (χ4v) is 3.28. The molecule has 2 aromatic carbocycles. The van der Waals surface area contributed by atoms with E-state index in [1.54, 1.807) is 6.08 Å². The Morgan fingerprint density at radius 3 is 2.38 bits per heavy atom. The molecule has 0 aliphatic carbocycles. The standard InChI is InChI=1S/C23H23F2N3O4/c1-13(27-23(32)20(29)16-9-17(24)11-18(25)10-16)21(30)28-19-8-7-15(12-26-22(19)31)14-5-3-2-4-6-14/h2-11,13,15,19-20,29H,12H2,1H3,(H,26,31)(H,27,32)(H,28,30)/t13-,15-,19-,20-/m0/s1. The molecule has 0 aromatic heterocycles. The summed E-state index contributed by atoms with van der Waals surface area (Å²) in [6.45, 7) is 1.73. The highest BCUT2D eigenvalue weighted by atomic mass is 19.1. The van der Waals surface area contributed by atoms with E-state index in [4.69, 9.17) is 0 Å². The third kappa shape index (κ3) is 5.76. The summed E-state index contributed by atoms with van der Waals surface area (Å²) < 4.78 is 26.6. The molecule has 32 heavy (non-hydrogen) atoms. The summed E-state index contributed by atoms with van der Waals surface area (Å²) in [4.78, 5) is 37.0. The van der Waals surface area contributed by atoms with Gasteiger partial charge in [0.1, 0.15) is 23.7 Å². The van der Waals surface area contributed by atoms with Gasteiger partial charge in [0.15, 0.2) is 6.10 Å². The molecule has 3 amide bonds. The lowest BCUT2D eigenvalue weighted by molar-refractivity contribution is -0.134. The van der Waals surface area contributed by atoms with Crippen molar-refractivity contribution in [3.8, 4) is 0 Å². The van der Waals surface area contributed by atoms with Gasteiger partial charge in [0, 0.05) is 18.5 Å². The lowest BCUT2D eigenvalue weighted by atomic mass is 9.99. The van der Waals surface area contributed by atoms with Crippen LogP contribution in [0.5, 0.6) is 0 Å². The molecule has 0 unspecified atom stereocenters. The van der Waals surface area contributed by atoms with Gasteiger partial charge in [-0.25, -0.2) is 8.78 Å². The smallest absolute Gasteiger partial charge is 0.254 e. The van der Waals surface area contributed by atoms with Crippen molar-refractivity contribution in [2.24, 2.45) is 0 Å². The van der Waals surface area contributed by atoms with Gasteiger partial charge in [-0.15, -0.1) is 0 Å². The number of hydrogen-bond donors (Lipinski definition) is 4. The molecule has 4 atom stereocenters. The van der Waals surface area contributed by atoms with Crippen LogP contribution in [0.2, 0.25) is 0 Å². The van der Waals surface area contributed by atoms with Gasteiger partial charge in [-0.3, -0.25) is 14.4 Å². The van der Waals surface area contributed by atoms with E-state index in [0.717, 1.165) is 17.7 Å². The zero-order valence-corrected chi connectivity index (χ0v) is 17.2. The van der Waals surface area contributed by atoms with Crippen molar-refractivity contribution in [2.75, 3.05) is 6.54 Å². The monoisotopic (exact) mass is 443 g/mol. The van der Waals surface area contributed by atoms with E-state index in [1.807, 2.05) is 36.4 Å². The average Bonchev–Trinajstić information content (AvgIpc) is 2.94. The van der Waals surface area contributed by atoms with Crippen LogP contribution in [0.15, 0.2) is 60.7 Å². The molecule has 4 N–H and O–H groups in total. The molecule has 0 radical (unpaired) electrons. The Morgan fingerprint density at radius 2 is 1.72 bits per heavy atom. The van der Waals surface area contributed by atoms with Crippen LogP contribution in [0.4, 0.5) is 8.78 Å². The molecule has 0 bridgehead atoms. The molecular weight excluding hydrogens is 420 g/mol. The van der Waals surface area contributed by atoms with E-state index in [-0.39, 0.29) is 11.5 Å². The number of carbonyl (C=O) groups is 3. The number of benzene rings is 2. The summed E-state index contributed by atoms with van der Waals surface area (Å²) in [7, 11) is 0. The second-order valence-corrected chi connectivity index (χ2v) is 7.47. The molecule has 3 rings (SSSR count). The Bertz CT molecular complexity index is 1010. The Morgan fingerprint density at radius 1 is 1.06 bits per heavy atom. The molecule has 0 spiro atoms. The summed E-state index contributed by atoms with van der Waals surface area (Å²) >= 11 is 0. The molecule has 7 nitrogen and oxygen atoms in total. The topological polar surface area (TPSA) is 108 Å². The van der Waals surface area contributed by atoms with E-state index in [1.165, 1.54) is 6.92 Å². The predicted molar refractivity (Wildman–Crippen MR) is 112 cm³/mol. The van der Waals surface area contributed by atoms with Crippen LogP contribution in [-0.2, 0) is 14.4 Å². The van der Waals surface area contributed by atoms with Crippen molar-refractivity contribution in [3.63, 3.8) is 0 Å². The zero-order chi connectivity index (χ0) is 23.3. The minimum absolute atomic E-state index is 0.0546. The Hall–Kier alpha value is -3.59. The highest BCUT2D eigenvalue weighted by molar-refractivity contribution is 5.93. The minimum Gasteiger partial charge on any atom is -0.378 e. The summed E-state index contributed by atoms with van der Waals surface area (Å²) in [5, 5.41) is 17.6. The average molecular weight is 443 g/mol. The van der Waals surface area contributed by atoms with E-state index < -0.39 is 47.5 Å². The lowest BCUT2D eigenvalue weighted by Gasteiger charge is -2.19. The number of aliphatic hydroxyl groups is 1. The summed E-state index contributed by atoms with van der Waals surface area (Å²) in [6, 6.07) is 9.74. The van der Waals surface area contributed by atoms with E-state index >= 15 is 0 Å². The van der Waals surface area contributed by atoms with Crippen molar-refractivity contribution >= 4 is 17.7 Å². The first-order valence-electron chi connectivity index (χ1n) is 10.0. The zero-order valence-electron chi connectivity index (χ0n) is 17.2. The first kappa shape index (κ1) is 23.1. The molecule has 0 saturated heterocycles. The maximum Gasteiger partial charge on any atom is 0.254 e. The summed E-state index contributed by atoms with van der Waals surface area (Å²) in [5.41, 5.74) is 0.727. The maximum atomic E-state index is 13.3. The molecule has 2 aromatic rings. The number of halogens is 2. The number of hydrogen-bond acceptors (Lipinski definition) is 4. The summed E-state index contributed by atoms with van der Waals surface area (Å²) in [6.07, 6.45) is 1.53. The molecule has 0 fully saturated rings. The van der Waals surface area contributed by atoms with Crippen LogP contribution in [0.25, 0.3) is 0 Å². The van der Waals surface area contributed by atoms with Crippen LogP contribution in [0, 0.1) is 11.6 Å². The normalized spacial score (nSPS) is 19.9. The van der Waals surface area contributed by atoms with Crippen molar-refractivity contribution < 1.29 is 28.3 Å². The van der Waals surface area contributed by atoms with E-state index in [2.05, 4.69) is 16.0 Å². The van der Waals surface area contributed by atoms with E-state index in [0.29, 0.717) is 12.6 Å². The highest BCUT2D eigenvalue weighted by Crippen LogP contribution is 2.19. The number of aliphatic hydroxyl groups excluding tert-OH is 1. The Balaban J connectivity index is 1.60. The minimum atomic E-state index is -1.87. The predicted octanol–water partition coefficient (Wildman–Crippen LogP) is 1.46. The number of amides is 3. The van der Waals surface area contributed by atoms with Crippen LogP contribution in [-0.4, -0.2) is 41.5 Å². The van der Waals surface area contributed by atoms with Crippen molar-refractivity contribution in [1.29, 1.82) is 0 Å². The van der Waals surface area contributed by atoms with Gasteiger partial charge in [0.05, 0.1) is 0 Å². The van der Waals surface area contributed by atoms with Gasteiger partial charge in [-0.2, -0.15) is 0 Å². The van der Waals surface area contributed by atoms with E-state index in [9.17, 15) is 28.3 Å². The third-order valence-corrected chi connectivity index (χ3v) is 5.04. The molecular formula is C23H23F2N3O4. The third-order valence-electron chi connectivity index (χ3n) is 5.04. The number of carbonyl (C=O) groups excluding carboxylic acids is 3. The van der Waals surface area contributed by atoms with Gasteiger partial charge >= 0.3 is 0 Å². The van der Waals surface area contributed by atoms with Crippen LogP contribution in [0.1, 0.15) is 30.1 Å². The van der Waals surface area contributed by atoms with Crippen molar-refractivity contribution in [3.05, 3.63) is 83.4 Å². The second kappa shape index (κ2) is 10.1. The van der Waals surface area contributed by atoms with Gasteiger partial charge in [0.25, 0.3) is 5.91 Å². The molecule has 9 heteroatoms. The largest absolute Gasteiger partial charge is 0.378 e. The first-order valence-corrected chi connectivity index (χ1v) is 10.0. The summed E-state index contributed by atoms with van der Waals surface area (Å²) in [5.74, 6) is -4.03. The van der Waals surface area contributed by atoms with Gasteiger partial charge in [-0.1, -0.05) is 42.5 Å². The van der Waals surface area contributed by atoms with Crippen molar-refractivity contribution in [1.82, 2.24) is 16.0 Å². The highest BCUT2D eigenvalue weighted by Gasteiger charge is 2.27. The quantitative estimate of drug-likeness (QED) is 0.507. The Kier molecular flexibility index (Phi) is 7.32. The first-order chi connectivity index (χ1) is 15.2. The second-order valence-electron chi connectivity index (χ2n) is 7.47. The molecule has 1 aliphatic heterocycles. The SMILES string of the molecule is C[C@H](NC(=O)[C@@H](O)c1cc(F)cc(F)c1)C(=O)N[C@H]1C=C[C@H](c2ccccc2)CNC1=O. The molecule has 168 valence electrons. The van der Waals surface area contributed by atoms with Crippen LogP contribution >= 0.6 is 0 Å². The molecule has 0 saturated carbocycles. The molecule has 1 aliphatic rings. The Labute approximate surface area is 183 Å². The lowest BCUT2D eigenvalue weighted by Crippen LogP contribution is -2.52. The number of nitrogens with one attached hydrogen (secondary N) is 3. The van der Waals surface area contributed by atoms with Gasteiger partial charge in [0.2, 0.25) is 11.8 Å². The molecule has 1 heterocycles. The van der Waals surface area contributed by atoms with Crippen LogP contribution < -0.4 is 16.0 Å². The van der Waals surface area contributed by atoms with Crippen LogP contribution in [0.3, 0.4) is 0 Å². The van der Waals surface area contributed by atoms with Crippen molar-refractivity contribution in [2.45, 2.75) is 31.0 Å². The fraction of sp³-hybridized carbons (Fsp3) is 0.261. The van der Waals surface area contributed by atoms with Gasteiger partial charge < -0.3 is 21.1 Å². The fourth-order valence-electron chi connectivity index (χ4n) is 3.28. The maximum absolute atomic E-state index is 13.3. The van der Waals surface area contributed by atoms with Gasteiger partial charge in [-0.05, 0) is 30.2 Å². The number of rotatable bonds is 6.